The largest absolute Gasteiger partial charge is 0.484 e. The van der Waals surface area contributed by atoms with Crippen molar-refractivity contribution in [1.82, 2.24) is 10.9 Å². The van der Waals surface area contributed by atoms with Gasteiger partial charge in [0.25, 0.3) is 11.8 Å². The lowest BCUT2D eigenvalue weighted by atomic mass is 10.0. The Labute approximate surface area is 188 Å². The molecule has 0 spiro atoms. The Morgan fingerprint density at radius 1 is 0.750 bits per heavy atom. The van der Waals surface area contributed by atoms with E-state index in [9.17, 15) is 9.59 Å². The molecule has 32 heavy (non-hydrogen) atoms. The summed E-state index contributed by atoms with van der Waals surface area (Å²) in [4.78, 5) is 24.2. The van der Waals surface area contributed by atoms with E-state index in [0.29, 0.717) is 17.4 Å². The van der Waals surface area contributed by atoms with Gasteiger partial charge < -0.3 is 9.47 Å². The molecule has 0 saturated heterocycles. The van der Waals surface area contributed by atoms with E-state index in [1.54, 1.807) is 6.92 Å². The normalized spacial score (nSPS) is 11.5. The Kier molecular flexibility index (Phi) is 7.86. The van der Waals surface area contributed by atoms with Crippen molar-refractivity contribution in [1.29, 1.82) is 0 Å². The summed E-state index contributed by atoms with van der Waals surface area (Å²) in [5.74, 6) is 0.643. The third kappa shape index (κ3) is 6.60. The van der Waals surface area contributed by atoms with Crippen LogP contribution in [0.2, 0.25) is 0 Å². The summed E-state index contributed by atoms with van der Waals surface area (Å²) in [7, 11) is 0. The Bertz CT molecular complexity index is 1020. The van der Waals surface area contributed by atoms with Crippen molar-refractivity contribution in [3.8, 4) is 22.6 Å². The number of carbonyl (C=O) groups is 2. The highest BCUT2D eigenvalue weighted by Crippen LogP contribution is 2.22. The van der Waals surface area contributed by atoms with Gasteiger partial charge in [-0.1, -0.05) is 68.4 Å². The second-order valence-electron chi connectivity index (χ2n) is 7.70. The Hall–Kier alpha value is -3.80. The van der Waals surface area contributed by atoms with E-state index < -0.39 is 17.9 Å². The third-order valence-electron chi connectivity index (χ3n) is 4.89. The second-order valence-corrected chi connectivity index (χ2v) is 7.70. The van der Waals surface area contributed by atoms with Crippen LogP contribution in [0.25, 0.3) is 11.1 Å². The van der Waals surface area contributed by atoms with Crippen LogP contribution in [0.4, 0.5) is 0 Å². The maximum absolute atomic E-state index is 12.2. The summed E-state index contributed by atoms with van der Waals surface area (Å²) < 4.78 is 11.1. The number of hydrogen-bond acceptors (Lipinski definition) is 4. The maximum Gasteiger partial charge on any atom is 0.279 e. The zero-order valence-electron chi connectivity index (χ0n) is 18.5. The molecule has 1 unspecified atom stereocenters. The van der Waals surface area contributed by atoms with Gasteiger partial charge in [-0.05, 0) is 53.8 Å². The van der Waals surface area contributed by atoms with Gasteiger partial charge in [-0.25, -0.2) is 0 Å². The molecular formula is C26H28N2O4. The van der Waals surface area contributed by atoms with Crippen molar-refractivity contribution < 1.29 is 19.1 Å². The molecule has 0 heterocycles. The van der Waals surface area contributed by atoms with Gasteiger partial charge >= 0.3 is 0 Å². The van der Waals surface area contributed by atoms with Crippen LogP contribution in [0.15, 0.2) is 78.9 Å². The van der Waals surface area contributed by atoms with Gasteiger partial charge in [0.2, 0.25) is 0 Å². The van der Waals surface area contributed by atoms with Gasteiger partial charge in [-0.15, -0.1) is 0 Å². The van der Waals surface area contributed by atoms with E-state index in [0.717, 1.165) is 11.1 Å². The van der Waals surface area contributed by atoms with E-state index in [1.165, 1.54) is 5.56 Å². The van der Waals surface area contributed by atoms with Crippen LogP contribution >= 0.6 is 0 Å². The molecule has 3 rings (SSSR count). The van der Waals surface area contributed by atoms with Crippen molar-refractivity contribution in [2.45, 2.75) is 32.8 Å². The topological polar surface area (TPSA) is 76.7 Å². The van der Waals surface area contributed by atoms with Gasteiger partial charge in [0.1, 0.15) is 11.5 Å². The second kappa shape index (κ2) is 11.0. The minimum Gasteiger partial charge on any atom is -0.484 e. The van der Waals surface area contributed by atoms with E-state index in [4.69, 9.17) is 9.47 Å². The first kappa shape index (κ1) is 22.9. The van der Waals surface area contributed by atoms with Crippen LogP contribution in [0, 0.1) is 0 Å². The quantitative estimate of drug-likeness (QED) is 0.515. The first-order valence-corrected chi connectivity index (χ1v) is 10.6. The van der Waals surface area contributed by atoms with Crippen LogP contribution in [-0.4, -0.2) is 24.5 Å². The van der Waals surface area contributed by atoms with E-state index in [2.05, 4.69) is 24.7 Å². The van der Waals surface area contributed by atoms with Crippen molar-refractivity contribution in [3.05, 3.63) is 84.4 Å². The SMILES string of the molecule is CC(Oc1ccc(-c2ccccc2)cc1)C(=O)NNC(=O)COc1ccc(C(C)C)cc1. The monoisotopic (exact) mass is 432 g/mol. The summed E-state index contributed by atoms with van der Waals surface area (Å²) in [5.41, 5.74) is 8.04. The molecule has 6 heteroatoms. The molecule has 0 aliphatic heterocycles. The van der Waals surface area contributed by atoms with Crippen LogP contribution in [0.3, 0.4) is 0 Å². The predicted molar refractivity (Wildman–Crippen MR) is 124 cm³/mol. The number of benzene rings is 3. The van der Waals surface area contributed by atoms with Gasteiger partial charge in [-0.3, -0.25) is 20.4 Å². The van der Waals surface area contributed by atoms with E-state index in [1.807, 2.05) is 78.9 Å². The standard InChI is InChI=1S/C26H28N2O4/c1-18(2)20-9-13-23(14-10-20)31-17-25(29)27-28-26(30)19(3)32-24-15-11-22(12-16-24)21-7-5-4-6-8-21/h4-16,18-19H,17H2,1-3H3,(H,27,29)(H,28,30). The summed E-state index contributed by atoms with van der Waals surface area (Å²) in [5, 5.41) is 0. The van der Waals surface area contributed by atoms with Crippen LogP contribution in [-0.2, 0) is 9.59 Å². The van der Waals surface area contributed by atoms with E-state index >= 15 is 0 Å². The summed E-state index contributed by atoms with van der Waals surface area (Å²) >= 11 is 0. The third-order valence-corrected chi connectivity index (χ3v) is 4.89. The summed E-state index contributed by atoms with van der Waals surface area (Å²) in [6, 6.07) is 25.0. The lowest BCUT2D eigenvalue weighted by molar-refractivity contribution is -0.133. The lowest BCUT2D eigenvalue weighted by Gasteiger charge is -2.15. The first-order valence-electron chi connectivity index (χ1n) is 10.6. The molecule has 0 saturated carbocycles. The molecule has 6 nitrogen and oxygen atoms in total. The van der Waals surface area contributed by atoms with Crippen molar-refractivity contribution >= 4 is 11.8 Å². The highest BCUT2D eigenvalue weighted by molar-refractivity contribution is 5.85. The Morgan fingerprint density at radius 3 is 1.97 bits per heavy atom. The molecule has 0 fully saturated rings. The van der Waals surface area contributed by atoms with Gasteiger partial charge in [0.15, 0.2) is 12.7 Å². The van der Waals surface area contributed by atoms with Crippen LogP contribution in [0.5, 0.6) is 11.5 Å². The van der Waals surface area contributed by atoms with Crippen LogP contribution in [0.1, 0.15) is 32.3 Å². The molecule has 3 aromatic carbocycles. The number of rotatable bonds is 8. The number of ether oxygens (including phenoxy) is 2. The molecule has 3 aromatic rings. The minimum atomic E-state index is -0.789. The Balaban J connectivity index is 1.41. The molecule has 2 N–H and O–H groups in total. The van der Waals surface area contributed by atoms with Gasteiger partial charge in [-0.2, -0.15) is 0 Å². The van der Waals surface area contributed by atoms with Crippen molar-refractivity contribution in [2.75, 3.05) is 6.61 Å². The highest BCUT2D eigenvalue weighted by atomic mass is 16.5. The average Bonchev–Trinajstić information content (AvgIpc) is 2.82. The molecule has 0 aliphatic carbocycles. The molecule has 0 aliphatic rings. The molecular weight excluding hydrogens is 404 g/mol. The molecule has 1 atom stereocenters. The number of nitrogens with one attached hydrogen (secondary N) is 2. The molecule has 2 amide bonds. The lowest BCUT2D eigenvalue weighted by Crippen LogP contribution is -2.48. The van der Waals surface area contributed by atoms with E-state index in [-0.39, 0.29) is 6.61 Å². The fourth-order valence-corrected chi connectivity index (χ4v) is 2.98. The Morgan fingerprint density at radius 2 is 1.34 bits per heavy atom. The summed E-state index contributed by atoms with van der Waals surface area (Å²) in [6.45, 7) is 5.61. The fourth-order valence-electron chi connectivity index (χ4n) is 2.98. The number of hydrazine groups is 1. The first-order chi connectivity index (χ1) is 15.4. The maximum atomic E-state index is 12.2. The molecule has 0 radical (unpaired) electrons. The predicted octanol–water partition coefficient (Wildman–Crippen LogP) is 4.47. The van der Waals surface area contributed by atoms with Crippen LogP contribution < -0.4 is 20.3 Å². The molecule has 0 bridgehead atoms. The van der Waals surface area contributed by atoms with Crippen molar-refractivity contribution in [3.63, 3.8) is 0 Å². The van der Waals surface area contributed by atoms with Crippen molar-refractivity contribution in [2.24, 2.45) is 0 Å². The molecule has 0 aromatic heterocycles. The minimum absolute atomic E-state index is 0.211. The highest BCUT2D eigenvalue weighted by Gasteiger charge is 2.15. The molecule has 166 valence electrons. The van der Waals surface area contributed by atoms with Gasteiger partial charge in [0.05, 0.1) is 0 Å². The average molecular weight is 433 g/mol. The fraction of sp³-hybridized carbons (Fsp3) is 0.231. The summed E-state index contributed by atoms with van der Waals surface area (Å²) in [6.07, 6.45) is -0.789. The zero-order valence-corrected chi connectivity index (χ0v) is 18.5. The van der Waals surface area contributed by atoms with Gasteiger partial charge in [0, 0.05) is 0 Å². The zero-order chi connectivity index (χ0) is 22.9. The smallest absolute Gasteiger partial charge is 0.279 e. The number of hydrogen-bond donors (Lipinski definition) is 2. The number of amides is 2. The number of carbonyl (C=O) groups excluding carboxylic acids is 2.